The van der Waals surface area contributed by atoms with Crippen LogP contribution in [0.4, 0.5) is 26.0 Å². The van der Waals surface area contributed by atoms with Crippen molar-refractivity contribution in [1.82, 2.24) is 40.3 Å². The number of piperidine rings is 2. The molecule has 382 valence electrons. The van der Waals surface area contributed by atoms with Gasteiger partial charge < -0.3 is 35.4 Å². The number of likely N-dealkylation sites (tertiary alicyclic amines) is 1. The minimum Gasteiger partial charge on any atom is -0.463 e. The number of hydrogen-bond donors (Lipinski definition) is 3. The van der Waals surface area contributed by atoms with Gasteiger partial charge in [-0.1, -0.05) is 25.1 Å². The summed E-state index contributed by atoms with van der Waals surface area (Å²) in [6, 6.07) is 13.2. The van der Waals surface area contributed by atoms with Crippen LogP contribution in [0, 0.1) is 28.4 Å². The molecular formula is C56H65F2N11O4. The lowest BCUT2D eigenvalue weighted by Gasteiger charge is -2.54. The van der Waals surface area contributed by atoms with E-state index in [0.29, 0.717) is 76.8 Å². The predicted octanol–water partition coefficient (Wildman–Crippen LogP) is 6.44. The number of aryl methyl sites for hydroxylation is 1. The second kappa shape index (κ2) is 18.1. The van der Waals surface area contributed by atoms with Crippen molar-refractivity contribution >= 4 is 56.6 Å². The normalized spacial score (nSPS) is 24.9. The van der Waals surface area contributed by atoms with Crippen molar-refractivity contribution in [1.29, 1.82) is 0 Å². The molecule has 2 aliphatic carbocycles. The molecule has 3 atom stereocenters. The van der Waals surface area contributed by atoms with Gasteiger partial charge in [0.05, 0.1) is 17.7 Å². The zero-order valence-corrected chi connectivity index (χ0v) is 41.7. The first-order valence-corrected chi connectivity index (χ1v) is 26.9. The standard InChI is InChI=1S/C56H65F2N11O4/c1-2-34-4-3-5-35-20-37(59)22-41(47(34)35)49-48(58)50-42(26-60-49)51(68-29-38-6-7-39(30-68)61-38)64-54(63-50)73-32-56(10-11-56)31-66-14-12-55(13-15-66)24-33(25-55)27-65-16-18-67(19-17-65)45-21-36-28-69(53(72)40(36)23-43(45)57)44-8-9-46(70)62-52(44)71/h3-5,20-23,26,33,38-39,44,61H,2,6-19,24-25,27-32,59H2,1H3,(H,62,70,71)/t38?,39?,44-/m0/s1. The fourth-order valence-electron chi connectivity index (χ4n) is 14.0. The average Bonchev–Trinajstić information content (AvgIpc) is 3.96. The highest BCUT2D eigenvalue weighted by Gasteiger charge is 2.50. The third kappa shape index (κ3) is 8.62. The Hall–Kier alpha value is -6.04. The van der Waals surface area contributed by atoms with Crippen molar-refractivity contribution in [2.24, 2.45) is 16.7 Å². The number of carbonyl (C=O) groups excluding carboxylic acids is 3. The summed E-state index contributed by atoms with van der Waals surface area (Å²) in [6.45, 7) is 11.7. The van der Waals surface area contributed by atoms with Gasteiger partial charge in [0.2, 0.25) is 11.8 Å². The van der Waals surface area contributed by atoms with Crippen LogP contribution in [0.1, 0.15) is 92.6 Å². The van der Waals surface area contributed by atoms with Gasteiger partial charge in [0, 0.05) is 106 Å². The van der Waals surface area contributed by atoms with Gasteiger partial charge in [0.15, 0.2) is 5.82 Å². The molecule has 0 radical (unpaired) electrons. The number of pyridine rings is 1. The maximum atomic E-state index is 17.2. The van der Waals surface area contributed by atoms with Crippen molar-refractivity contribution in [3.05, 3.63) is 77.0 Å². The Balaban J connectivity index is 0.625. The number of amides is 3. The minimum absolute atomic E-state index is 0.0245. The van der Waals surface area contributed by atoms with Crippen LogP contribution in [0.25, 0.3) is 32.9 Å². The first-order valence-electron chi connectivity index (χ1n) is 26.9. The molecule has 2 unspecified atom stereocenters. The molecule has 4 N–H and O–H groups in total. The molecule has 6 aliphatic heterocycles. The zero-order valence-electron chi connectivity index (χ0n) is 41.7. The summed E-state index contributed by atoms with van der Waals surface area (Å²) in [5.41, 5.74) is 11.2. The molecule has 8 aliphatic rings. The lowest BCUT2D eigenvalue weighted by molar-refractivity contribution is -0.136. The molecule has 13 rings (SSSR count). The number of nitrogens with one attached hydrogen (secondary N) is 2. The van der Waals surface area contributed by atoms with E-state index in [-0.39, 0.29) is 53.8 Å². The van der Waals surface area contributed by atoms with Gasteiger partial charge in [0.1, 0.15) is 28.9 Å². The molecule has 3 aromatic carbocycles. The van der Waals surface area contributed by atoms with E-state index in [4.69, 9.17) is 25.4 Å². The number of rotatable bonds is 12. The van der Waals surface area contributed by atoms with E-state index in [2.05, 4.69) is 43.2 Å². The molecule has 5 saturated heterocycles. The number of nitrogen functional groups attached to an aromatic ring is 1. The van der Waals surface area contributed by atoms with Crippen LogP contribution >= 0.6 is 0 Å². The Morgan fingerprint density at radius 1 is 0.863 bits per heavy atom. The molecule has 5 aromatic rings. The summed E-state index contributed by atoms with van der Waals surface area (Å²) >= 11 is 0. The monoisotopic (exact) mass is 994 g/mol. The SMILES string of the molecule is CCc1cccc2cc(N)cc(-c3ncc4c(N5CC6CCC(C5)N6)nc(OCC5(CN6CCC7(CC6)CC(CN6CCN(c8cc9c(cc8F)C(=O)N([C@H]8CCC(=O)NC8=O)C9)CC6)C7)CC5)nc4c3F)c12. The number of ether oxygens (including phenoxy) is 1. The zero-order chi connectivity index (χ0) is 49.8. The van der Waals surface area contributed by atoms with Crippen LogP contribution in [-0.2, 0) is 22.6 Å². The molecule has 8 heterocycles. The lowest BCUT2D eigenvalue weighted by atomic mass is 9.57. The molecule has 2 bridgehead atoms. The number of anilines is 3. The number of carbonyl (C=O) groups is 3. The average molecular weight is 994 g/mol. The van der Waals surface area contributed by atoms with Gasteiger partial charge >= 0.3 is 6.01 Å². The number of benzene rings is 3. The lowest BCUT2D eigenvalue weighted by Crippen LogP contribution is -2.53. The summed E-state index contributed by atoms with van der Waals surface area (Å²) in [6.07, 6.45) is 12.3. The Labute approximate surface area is 424 Å². The maximum Gasteiger partial charge on any atom is 0.319 e. The van der Waals surface area contributed by atoms with E-state index in [1.165, 1.54) is 36.6 Å². The van der Waals surface area contributed by atoms with Crippen LogP contribution in [0.15, 0.2) is 48.7 Å². The quantitative estimate of drug-likeness (QED) is 0.0925. The highest BCUT2D eigenvalue weighted by Crippen LogP contribution is 2.54. The van der Waals surface area contributed by atoms with Gasteiger partial charge in [-0.15, -0.1) is 0 Å². The first-order chi connectivity index (χ1) is 35.4. The number of nitrogens with zero attached hydrogens (tertiary/aromatic N) is 8. The fraction of sp³-hybridized carbons (Fsp3) is 0.536. The van der Waals surface area contributed by atoms with Crippen molar-refractivity contribution in [2.45, 2.75) is 102 Å². The van der Waals surface area contributed by atoms with E-state index in [1.54, 1.807) is 12.3 Å². The number of hydrogen-bond acceptors (Lipinski definition) is 13. The van der Waals surface area contributed by atoms with Crippen LogP contribution < -0.4 is 30.9 Å². The van der Waals surface area contributed by atoms with Gasteiger partial charge in [-0.25, -0.2) is 8.78 Å². The highest BCUT2D eigenvalue weighted by atomic mass is 19.1. The van der Waals surface area contributed by atoms with E-state index in [9.17, 15) is 14.4 Å². The van der Waals surface area contributed by atoms with E-state index < -0.39 is 23.6 Å². The summed E-state index contributed by atoms with van der Waals surface area (Å²) in [4.78, 5) is 63.1. The highest BCUT2D eigenvalue weighted by molar-refractivity contribution is 6.06. The van der Waals surface area contributed by atoms with Gasteiger partial charge in [-0.2, -0.15) is 9.97 Å². The van der Waals surface area contributed by atoms with Crippen LogP contribution in [-0.4, -0.2) is 138 Å². The number of piperazine rings is 2. The van der Waals surface area contributed by atoms with Gasteiger partial charge in [-0.05, 0) is 135 Å². The van der Waals surface area contributed by atoms with Gasteiger partial charge in [0.25, 0.3) is 5.91 Å². The number of nitrogens with two attached hydrogens (primary N) is 1. The number of imide groups is 1. The molecule has 2 saturated carbocycles. The summed E-state index contributed by atoms with van der Waals surface area (Å²) in [5, 5.41) is 8.55. The topological polar surface area (TPSA) is 165 Å². The van der Waals surface area contributed by atoms with E-state index >= 15 is 8.78 Å². The van der Waals surface area contributed by atoms with Crippen LogP contribution in [0.5, 0.6) is 6.01 Å². The fourth-order valence-corrected chi connectivity index (χ4v) is 14.0. The van der Waals surface area contributed by atoms with E-state index in [0.717, 1.165) is 106 Å². The first kappa shape index (κ1) is 46.7. The molecule has 73 heavy (non-hydrogen) atoms. The number of halogens is 2. The number of fused-ring (bicyclic) bond motifs is 5. The minimum atomic E-state index is -0.723. The third-order valence-corrected chi connectivity index (χ3v) is 18.1. The smallest absolute Gasteiger partial charge is 0.319 e. The molecule has 15 nitrogen and oxygen atoms in total. The van der Waals surface area contributed by atoms with Crippen molar-refractivity contribution in [2.75, 3.05) is 87.6 Å². The van der Waals surface area contributed by atoms with Crippen LogP contribution in [0.3, 0.4) is 0 Å². The Morgan fingerprint density at radius 2 is 1.64 bits per heavy atom. The Bertz CT molecular complexity index is 3040. The second-order valence-corrected chi connectivity index (χ2v) is 23.0. The molecular weight excluding hydrogens is 929 g/mol. The summed E-state index contributed by atoms with van der Waals surface area (Å²) < 4.78 is 39.4. The Morgan fingerprint density at radius 3 is 2.38 bits per heavy atom. The van der Waals surface area contributed by atoms with Crippen molar-refractivity contribution < 1.29 is 27.9 Å². The van der Waals surface area contributed by atoms with Crippen LogP contribution in [0.2, 0.25) is 0 Å². The predicted molar refractivity (Wildman–Crippen MR) is 275 cm³/mol. The Kier molecular flexibility index (Phi) is 11.6. The second-order valence-electron chi connectivity index (χ2n) is 23.0. The molecule has 1 spiro atoms. The molecule has 2 aromatic heterocycles. The van der Waals surface area contributed by atoms with E-state index in [1.807, 2.05) is 24.3 Å². The summed E-state index contributed by atoms with van der Waals surface area (Å²) in [7, 11) is 0. The van der Waals surface area contributed by atoms with Crippen molar-refractivity contribution in [3.63, 3.8) is 0 Å². The molecule has 17 heteroatoms. The molecule has 3 amide bonds. The van der Waals surface area contributed by atoms with Gasteiger partial charge in [-0.3, -0.25) is 29.6 Å². The molecule has 7 fully saturated rings. The number of aromatic nitrogens is 3. The largest absolute Gasteiger partial charge is 0.463 e. The summed E-state index contributed by atoms with van der Waals surface area (Å²) in [5.74, 6) is -0.708. The third-order valence-electron chi connectivity index (χ3n) is 18.1. The van der Waals surface area contributed by atoms with Crippen molar-refractivity contribution in [3.8, 4) is 17.3 Å². The maximum absolute atomic E-state index is 17.2.